The molecule has 1 fully saturated rings. The highest BCUT2D eigenvalue weighted by atomic mass is 19.4. The molecule has 1 aliphatic rings. The predicted molar refractivity (Wildman–Crippen MR) is 135 cm³/mol. The molecule has 36 heavy (non-hydrogen) atoms. The molecule has 5 rings (SSSR count). The van der Waals surface area contributed by atoms with Crippen LogP contribution in [0.5, 0.6) is 0 Å². The number of pyridine rings is 2. The van der Waals surface area contributed by atoms with Crippen LogP contribution in [0, 0.1) is 6.92 Å². The van der Waals surface area contributed by atoms with Gasteiger partial charge < -0.3 is 16.0 Å². The average Bonchev–Trinajstić information content (AvgIpc) is 3.38. The minimum absolute atomic E-state index is 0.0477. The molecule has 1 aliphatic heterocycles. The SMILES string of the molecule is Cc1nc(N[C@H](C)c2cc(N)cc(C(F)(F)F)c2)c2cc(-c3ccccn3)c(N3CCCC3)nc2n1. The second kappa shape index (κ2) is 9.25. The third-order valence-electron chi connectivity index (χ3n) is 6.28. The number of fused-ring (bicyclic) bond motifs is 1. The van der Waals surface area contributed by atoms with Gasteiger partial charge in [0.15, 0.2) is 5.65 Å². The zero-order valence-electron chi connectivity index (χ0n) is 20.0. The molecule has 0 aliphatic carbocycles. The first-order valence-electron chi connectivity index (χ1n) is 11.8. The molecular weight excluding hydrogens is 467 g/mol. The number of nitrogen functional groups attached to an aromatic ring is 1. The van der Waals surface area contributed by atoms with Crippen molar-refractivity contribution >= 4 is 28.4 Å². The van der Waals surface area contributed by atoms with E-state index in [1.807, 2.05) is 24.3 Å². The Hall–Kier alpha value is -3.95. The van der Waals surface area contributed by atoms with Crippen molar-refractivity contribution in [3.8, 4) is 11.3 Å². The van der Waals surface area contributed by atoms with Gasteiger partial charge in [0.2, 0.25) is 0 Å². The molecule has 1 atom stereocenters. The molecule has 0 amide bonds. The van der Waals surface area contributed by atoms with Gasteiger partial charge in [0.25, 0.3) is 0 Å². The van der Waals surface area contributed by atoms with Crippen LogP contribution in [0.25, 0.3) is 22.3 Å². The minimum Gasteiger partial charge on any atom is -0.399 e. The van der Waals surface area contributed by atoms with Crippen molar-refractivity contribution in [3.63, 3.8) is 0 Å². The van der Waals surface area contributed by atoms with E-state index in [9.17, 15) is 13.2 Å². The summed E-state index contributed by atoms with van der Waals surface area (Å²) >= 11 is 0. The number of rotatable bonds is 5. The maximum absolute atomic E-state index is 13.4. The van der Waals surface area contributed by atoms with E-state index in [1.165, 1.54) is 6.07 Å². The molecule has 0 unspecified atom stereocenters. The van der Waals surface area contributed by atoms with Crippen LogP contribution in [0.2, 0.25) is 0 Å². The third-order valence-corrected chi connectivity index (χ3v) is 6.28. The summed E-state index contributed by atoms with van der Waals surface area (Å²) in [5, 5.41) is 3.93. The number of nitrogens with zero attached hydrogens (tertiary/aromatic N) is 5. The zero-order chi connectivity index (χ0) is 25.4. The molecular formula is C26H26F3N7. The lowest BCUT2D eigenvalue weighted by atomic mass is 10.0. The fourth-order valence-electron chi connectivity index (χ4n) is 4.52. The maximum atomic E-state index is 13.4. The molecule has 3 N–H and O–H groups in total. The number of hydrogen-bond donors (Lipinski definition) is 2. The van der Waals surface area contributed by atoms with Crippen LogP contribution in [0.3, 0.4) is 0 Å². The van der Waals surface area contributed by atoms with Crippen LogP contribution in [-0.4, -0.2) is 33.0 Å². The highest BCUT2D eigenvalue weighted by molar-refractivity contribution is 5.93. The highest BCUT2D eigenvalue weighted by Gasteiger charge is 2.31. The smallest absolute Gasteiger partial charge is 0.399 e. The number of aromatic nitrogens is 4. The number of aryl methyl sites for hydroxylation is 1. The van der Waals surface area contributed by atoms with E-state index in [0.717, 1.165) is 55.1 Å². The van der Waals surface area contributed by atoms with Crippen LogP contribution in [0.1, 0.15) is 42.8 Å². The van der Waals surface area contributed by atoms with Crippen molar-refractivity contribution in [1.82, 2.24) is 19.9 Å². The molecule has 1 saturated heterocycles. The Labute approximate surface area is 206 Å². The van der Waals surface area contributed by atoms with Crippen LogP contribution in [-0.2, 0) is 6.18 Å². The van der Waals surface area contributed by atoms with Gasteiger partial charge in [-0.15, -0.1) is 0 Å². The number of anilines is 3. The summed E-state index contributed by atoms with van der Waals surface area (Å²) in [4.78, 5) is 20.8. The van der Waals surface area contributed by atoms with Crippen molar-refractivity contribution in [2.24, 2.45) is 0 Å². The van der Waals surface area contributed by atoms with Crippen LogP contribution in [0.15, 0.2) is 48.7 Å². The average molecular weight is 494 g/mol. The molecule has 4 heterocycles. The minimum atomic E-state index is -4.49. The summed E-state index contributed by atoms with van der Waals surface area (Å²) in [6.07, 6.45) is -0.572. The van der Waals surface area contributed by atoms with E-state index < -0.39 is 17.8 Å². The number of benzene rings is 1. The second-order valence-electron chi connectivity index (χ2n) is 9.01. The number of hydrogen-bond acceptors (Lipinski definition) is 7. The van der Waals surface area contributed by atoms with Crippen LogP contribution in [0.4, 0.5) is 30.5 Å². The Balaban J connectivity index is 1.61. The maximum Gasteiger partial charge on any atom is 0.416 e. The number of halogens is 3. The molecule has 3 aromatic heterocycles. The topological polar surface area (TPSA) is 92.8 Å². The largest absolute Gasteiger partial charge is 0.416 e. The normalized spacial score (nSPS) is 14.9. The van der Waals surface area contributed by atoms with Crippen LogP contribution >= 0.6 is 0 Å². The molecule has 1 aromatic carbocycles. The first-order valence-corrected chi connectivity index (χ1v) is 11.8. The second-order valence-corrected chi connectivity index (χ2v) is 9.01. The Morgan fingerprint density at radius 2 is 1.81 bits per heavy atom. The summed E-state index contributed by atoms with van der Waals surface area (Å²) in [6.45, 7) is 5.34. The molecule has 4 aromatic rings. The lowest BCUT2D eigenvalue weighted by Gasteiger charge is -2.22. The van der Waals surface area contributed by atoms with Gasteiger partial charge in [0.1, 0.15) is 17.5 Å². The summed E-state index contributed by atoms with van der Waals surface area (Å²) in [5.74, 6) is 1.81. The van der Waals surface area contributed by atoms with Gasteiger partial charge in [0, 0.05) is 30.5 Å². The summed E-state index contributed by atoms with van der Waals surface area (Å²) in [6, 6.07) is 10.7. The molecule has 0 bridgehead atoms. The van der Waals surface area contributed by atoms with E-state index in [2.05, 4.69) is 25.2 Å². The molecule has 186 valence electrons. The molecule has 0 saturated carbocycles. The third kappa shape index (κ3) is 4.75. The summed E-state index contributed by atoms with van der Waals surface area (Å²) in [5.41, 5.74) is 7.60. The first kappa shape index (κ1) is 23.8. The Morgan fingerprint density at radius 3 is 2.50 bits per heavy atom. The van der Waals surface area contributed by atoms with E-state index in [4.69, 9.17) is 10.7 Å². The van der Waals surface area contributed by atoms with Gasteiger partial charge in [0.05, 0.1) is 22.7 Å². The molecule has 10 heteroatoms. The fourth-order valence-corrected chi connectivity index (χ4v) is 4.52. The van der Waals surface area contributed by atoms with Gasteiger partial charge in [-0.3, -0.25) is 4.98 Å². The van der Waals surface area contributed by atoms with Gasteiger partial charge in [-0.25, -0.2) is 15.0 Å². The molecule has 7 nitrogen and oxygen atoms in total. The van der Waals surface area contributed by atoms with E-state index >= 15 is 0 Å². The standard InChI is InChI=1S/C26H26F3N7/c1-15(17-11-18(26(27,28)29)13-19(30)12-17)32-23-21-14-20(22-7-3-4-8-31-22)25(36-9-5-6-10-36)35-24(21)34-16(2)33-23/h3-4,7-8,11-15H,5-6,9-10,30H2,1-2H3,(H,32,33,34,35)/t15-/m1/s1. The predicted octanol–water partition coefficient (Wildman–Crippen LogP) is 5.77. The Morgan fingerprint density at radius 1 is 1.03 bits per heavy atom. The van der Waals surface area contributed by atoms with Crippen LogP contribution < -0.4 is 16.0 Å². The van der Waals surface area contributed by atoms with Crippen molar-refractivity contribution < 1.29 is 13.2 Å². The van der Waals surface area contributed by atoms with Gasteiger partial charge >= 0.3 is 6.18 Å². The quantitative estimate of drug-likeness (QED) is 0.341. The van der Waals surface area contributed by atoms with Crippen molar-refractivity contribution in [3.05, 3.63) is 65.6 Å². The van der Waals surface area contributed by atoms with Crippen molar-refractivity contribution in [2.75, 3.05) is 29.0 Å². The fraction of sp³-hybridized carbons (Fsp3) is 0.308. The lowest BCUT2D eigenvalue weighted by molar-refractivity contribution is -0.137. The summed E-state index contributed by atoms with van der Waals surface area (Å²) in [7, 11) is 0. The Kier molecular flexibility index (Phi) is 6.11. The summed E-state index contributed by atoms with van der Waals surface area (Å²) < 4.78 is 40.1. The number of nitrogens with two attached hydrogens (primary N) is 1. The number of alkyl halides is 3. The van der Waals surface area contributed by atoms with E-state index in [1.54, 1.807) is 20.0 Å². The monoisotopic (exact) mass is 493 g/mol. The Bertz CT molecular complexity index is 1400. The molecule has 0 radical (unpaired) electrons. The van der Waals surface area contributed by atoms with Gasteiger partial charge in [-0.2, -0.15) is 13.2 Å². The highest BCUT2D eigenvalue weighted by Crippen LogP contribution is 2.36. The lowest BCUT2D eigenvalue weighted by Crippen LogP contribution is -2.20. The van der Waals surface area contributed by atoms with Gasteiger partial charge in [-0.05, 0) is 68.7 Å². The van der Waals surface area contributed by atoms with E-state index in [0.29, 0.717) is 28.2 Å². The van der Waals surface area contributed by atoms with E-state index in [-0.39, 0.29) is 5.69 Å². The van der Waals surface area contributed by atoms with Crippen molar-refractivity contribution in [2.45, 2.75) is 38.9 Å². The van der Waals surface area contributed by atoms with Crippen molar-refractivity contribution in [1.29, 1.82) is 0 Å². The number of nitrogens with one attached hydrogen (secondary N) is 1. The first-order chi connectivity index (χ1) is 17.2. The van der Waals surface area contributed by atoms with Gasteiger partial charge in [-0.1, -0.05) is 6.07 Å². The molecule has 0 spiro atoms. The zero-order valence-corrected chi connectivity index (χ0v) is 20.0.